The minimum absolute atomic E-state index is 0.159. The van der Waals surface area contributed by atoms with Crippen LogP contribution >= 0.6 is 0 Å². The van der Waals surface area contributed by atoms with Crippen LogP contribution in [0.15, 0.2) is 36.8 Å². The van der Waals surface area contributed by atoms with Crippen LogP contribution in [0.5, 0.6) is 5.75 Å². The molecular formula is C18H19FN4O3. The number of primary amides is 1. The Kier molecular flexibility index (Phi) is 5.40. The number of amides is 2. The van der Waals surface area contributed by atoms with Crippen molar-refractivity contribution in [1.29, 1.82) is 0 Å². The van der Waals surface area contributed by atoms with E-state index in [1.54, 1.807) is 11.0 Å². The summed E-state index contributed by atoms with van der Waals surface area (Å²) in [5, 5.41) is 0. The molecule has 0 aliphatic carbocycles. The van der Waals surface area contributed by atoms with Crippen molar-refractivity contribution in [3.63, 3.8) is 0 Å². The van der Waals surface area contributed by atoms with Gasteiger partial charge >= 0.3 is 0 Å². The summed E-state index contributed by atoms with van der Waals surface area (Å²) in [6, 6.07) is 4.38. The molecule has 0 radical (unpaired) electrons. The van der Waals surface area contributed by atoms with Gasteiger partial charge in [0.15, 0.2) is 0 Å². The summed E-state index contributed by atoms with van der Waals surface area (Å²) < 4.78 is 18.9. The summed E-state index contributed by atoms with van der Waals surface area (Å²) in [6.45, 7) is 1.63. The van der Waals surface area contributed by atoms with Gasteiger partial charge in [0.2, 0.25) is 0 Å². The normalized spacial score (nSPS) is 14.9. The first-order chi connectivity index (χ1) is 12.5. The number of pyridine rings is 2. The van der Waals surface area contributed by atoms with Crippen LogP contribution in [0.1, 0.15) is 33.7 Å². The molecule has 26 heavy (non-hydrogen) atoms. The molecule has 1 fully saturated rings. The zero-order valence-corrected chi connectivity index (χ0v) is 14.1. The fraction of sp³-hybridized carbons (Fsp3) is 0.333. The Morgan fingerprint density at radius 3 is 2.73 bits per heavy atom. The third kappa shape index (κ3) is 4.33. The van der Waals surface area contributed by atoms with Crippen LogP contribution in [-0.4, -0.2) is 46.4 Å². The van der Waals surface area contributed by atoms with Gasteiger partial charge in [-0.05, 0) is 30.9 Å². The zero-order chi connectivity index (χ0) is 18.5. The van der Waals surface area contributed by atoms with Crippen molar-refractivity contribution in [2.75, 3.05) is 19.7 Å². The number of hydrogen-bond donors (Lipinski definition) is 1. The summed E-state index contributed by atoms with van der Waals surface area (Å²) in [5.41, 5.74) is 5.62. The minimum Gasteiger partial charge on any atom is -0.493 e. The molecule has 0 spiro atoms. The molecule has 1 saturated heterocycles. The summed E-state index contributed by atoms with van der Waals surface area (Å²) in [4.78, 5) is 32.8. The highest BCUT2D eigenvalue weighted by atomic mass is 19.1. The predicted octanol–water partition coefficient (Wildman–Crippen LogP) is 1.65. The highest BCUT2D eigenvalue weighted by Gasteiger charge is 2.24. The van der Waals surface area contributed by atoms with Crippen LogP contribution in [-0.2, 0) is 0 Å². The van der Waals surface area contributed by atoms with Crippen molar-refractivity contribution in [3.8, 4) is 5.75 Å². The molecule has 8 heteroatoms. The second-order valence-corrected chi connectivity index (χ2v) is 6.18. The lowest BCUT2D eigenvalue weighted by Gasteiger charge is -2.31. The molecule has 2 N–H and O–H groups in total. The number of nitrogens with two attached hydrogens (primary N) is 1. The Morgan fingerprint density at radius 1 is 1.27 bits per heavy atom. The van der Waals surface area contributed by atoms with Gasteiger partial charge in [-0.25, -0.2) is 4.39 Å². The van der Waals surface area contributed by atoms with Crippen molar-refractivity contribution in [3.05, 3.63) is 53.9 Å². The Morgan fingerprint density at radius 2 is 2.04 bits per heavy atom. The first-order valence-corrected chi connectivity index (χ1v) is 8.31. The summed E-state index contributed by atoms with van der Waals surface area (Å²) in [7, 11) is 0. The Balaban J connectivity index is 1.50. The van der Waals surface area contributed by atoms with Gasteiger partial charge in [0.25, 0.3) is 11.8 Å². The molecule has 2 aromatic rings. The van der Waals surface area contributed by atoms with Gasteiger partial charge in [0.05, 0.1) is 18.4 Å². The summed E-state index contributed by atoms with van der Waals surface area (Å²) in [5.74, 6) is -0.509. The van der Waals surface area contributed by atoms with Crippen LogP contribution in [0.4, 0.5) is 4.39 Å². The Hall–Kier alpha value is -3.03. The molecule has 2 aromatic heterocycles. The number of carbonyl (C=O) groups excluding carboxylic acids is 2. The van der Waals surface area contributed by atoms with Crippen molar-refractivity contribution >= 4 is 11.8 Å². The SMILES string of the molecule is NC(=O)c1cc(OCC2CCN(C(=O)c3cncc(F)c3)CC2)ccn1. The van der Waals surface area contributed by atoms with E-state index in [9.17, 15) is 14.0 Å². The molecule has 1 aliphatic heterocycles. The molecule has 0 bridgehead atoms. The third-order valence-electron chi connectivity index (χ3n) is 4.32. The summed E-state index contributed by atoms with van der Waals surface area (Å²) >= 11 is 0. The van der Waals surface area contributed by atoms with Crippen LogP contribution in [0.25, 0.3) is 0 Å². The van der Waals surface area contributed by atoms with E-state index in [0.717, 1.165) is 19.0 Å². The van der Waals surface area contributed by atoms with E-state index in [4.69, 9.17) is 10.5 Å². The van der Waals surface area contributed by atoms with E-state index >= 15 is 0 Å². The van der Waals surface area contributed by atoms with Crippen molar-refractivity contribution in [1.82, 2.24) is 14.9 Å². The number of rotatable bonds is 5. The van der Waals surface area contributed by atoms with Gasteiger partial charge in [0, 0.05) is 31.5 Å². The van der Waals surface area contributed by atoms with Crippen LogP contribution < -0.4 is 10.5 Å². The van der Waals surface area contributed by atoms with Gasteiger partial charge < -0.3 is 15.4 Å². The number of nitrogens with zero attached hydrogens (tertiary/aromatic N) is 3. The molecule has 7 nitrogen and oxygen atoms in total. The highest BCUT2D eigenvalue weighted by Crippen LogP contribution is 2.21. The quantitative estimate of drug-likeness (QED) is 0.876. The van der Waals surface area contributed by atoms with Crippen molar-refractivity contribution in [2.24, 2.45) is 11.7 Å². The van der Waals surface area contributed by atoms with E-state index in [2.05, 4.69) is 9.97 Å². The Labute approximate surface area is 150 Å². The lowest BCUT2D eigenvalue weighted by molar-refractivity contribution is 0.0660. The second kappa shape index (κ2) is 7.90. The lowest BCUT2D eigenvalue weighted by atomic mass is 9.97. The van der Waals surface area contributed by atoms with Crippen LogP contribution in [0, 0.1) is 11.7 Å². The number of ether oxygens (including phenoxy) is 1. The number of halogens is 1. The minimum atomic E-state index is -0.603. The first kappa shape index (κ1) is 17.8. The van der Waals surface area contributed by atoms with Gasteiger partial charge in [-0.3, -0.25) is 19.6 Å². The predicted molar refractivity (Wildman–Crippen MR) is 91.1 cm³/mol. The number of carbonyl (C=O) groups is 2. The number of aromatic nitrogens is 2. The lowest BCUT2D eigenvalue weighted by Crippen LogP contribution is -2.39. The maximum atomic E-state index is 13.2. The van der Waals surface area contributed by atoms with E-state index in [1.165, 1.54) is 24.5 Å². The van der Waals surface area contributed by atoms with E-state index < -0.39 is 11.7 Å². The maximum absolute atomic E-state index is 13.2. The number of hydrogen-bond acceptors (Lipinski definition) is 5. The molecular weight excluding hydrogens is 339 g/mol. The molecule has 2 amide bonds. The van der Waals surface area contributed by atoms with E-state index in [0.29, 0.717) is 25.4 Å². The molecule has 0 unspecified atom stereocenters. The van der Waals surface area contributed by atoms with Gasteiger partial charge in [-0.1, -0.05) is 0 Å². The fourth-order valence-corrected chi connectivity index (χ4v) is 2.86. The highest BCUT2D eigenvalue weighted by molar-refractivity contribution is 5.94. The number of likely N-dealkylation sites (tertiary alicyclic amines) is 1. The van der Waals surface area contributed by atoms with Gasteiger partial charge in [-0.15, -0.1) is 0 Å². The smallest absolute Gasteiger partial charge is 0.267 e. The third-order valence-corrected chi connectivity index (χ3v) is 4.32. The molecule has 0 atom stereocenters. The molecule has 3 heterocycles. The first-order valence-electron chi connectivity index (χ1n) is 8.31. The Bertz CT molecular complexity index is 807. The second-order valence-electron chi connectivity index (χ2n) is 6.18. The maximum Gasteiger partial charge on any atom is 0.267 e. The van der Waals surface area contributed by atoms with Crippen molar-refractivity contribution < 1.29 is 18.7 Å². The molecule has 0 saturated carbocycles. The fourth-order valence-electron chi connectivity index (χ4n) is 2.86. The monoisotopic (exact) mass is 358 g/mol. The van der Waals surface area contributed by atoms with Crippen molar-refractivity contribution in [2.45, 2.75) is 12.8 Å². The van der Waals surface area contributed by atoms with Crippen LogP contribution in [0.3, 0.4) is 0 Å². The molecule has 0 aromatic carbocycles. The standard InChI is InChI=1S/C18H19FN4O3/c19-14-7-13(9-21-10-14)18(25)23-5-2-12(3-6-23)11-26-15-1-4-22-16(8-15)17(20)24/h1,4,7-10,12H,2-3,5-6,11H2,(H2,20,24). The average Bonchev–Trinajstić information content (AvgIpc) is 2.66. The van der Waals surface area contributed by atoms with E-state index in [1.807, 2.05) is 0 Å². The largest absolute Gasteiger partial charge is 0.493 e. The zero-order valence-electron chi connectivity index (χ0n) is 14.1. The molecule has 136 valence electrons. The van der Waals surface area contributed by atoms with Gasteiger partial charge in [-0.2, -0.15) is 0 Å². The van der Waals surface area contributed by atoms with Crippen LogP contribution in [0.2, 0.25) is 0 Å². The topological polar surface area (TPSA) is 98.4 Å². The average molecular weight is 358 g/mol. The van der Waals surface area contributed by atoms with E-state index in [-0.39, 0.29) is 23.1 Å². The summed E-state index contributed by atoms with van der Waals surface area (Å²) in [6.07, 6.45) is 5.48. The molecule has 3 rings (SSSR count). The molecule has 1 aliphatic rings. The number of piperidine rings is 1. The van der Waals surface area contributed by atoms with Gasteiger partial charge in [0.1, 0.15) is 17.3 Å².